The summed E-state index contributed by atoms with van der Waals surface area (Å²) in [4.78, 5) is 0. The molecule has 14 heavy (non-hydrogen) atoms. The monoisotopic (exact) mass is 192 g/mol. The van der Waals surface area contributed by atoms with Crippen molar-refractivity contribution in [2.75, 3.05) is 6.54 Å². The van der Waals surface area contributed by atoms with Gasteiger partial charge in [-0.1, -0.05) is 6.42 Å². The van der Waals surface area contributed by atoms with Crippen molar-refractivity contribution in [2.24, 2.45) is 35.1 Å². The van der Waals surface area contributed by atoms with Gasteiger partial charge in [0.15, 0.2) is 0 Å². The summed E-state index contributed by atoms with van der Waals surface area (Å²) in [5.74, 6) is 3.62. The van der Waals surface area contributed by atoms with Crippen molar-refractivity contribution in [1.29, 1.82) is 0 Å². The lowest BCUT2D eigenvalue weighted by molar-refractivity contribution is 0.259. The van der Waals surface area contributed by atoms with Crippen LogP contribution in [0.25, 0.3) is 0 Å². The van der Waals surface area contributed by atoms with E-state index >= 15 is 0 Å². The first-order valence-electron chi connectivity index (χ1n) is 6.01. The van der Waals surface area contributed by atoms with Crippen LogP contribution in [-0.2, 0) is 0 Å². The van der Waals surface area contributed by atoms with Crippen LogP contribution in [-0.4, -0.2) is 6.54 Å². The summed E-state index contributed by atoms with van der Waals surface area (Å²) >= 11 is 0. The van der Waals surface area contributed by atoms with Crippen molar-refractivity contribution in [3.8, 4) is 0 Å². The molecule has 4 N–H and O–H groups in total. The minimum Gasteiger partial charge on any atom is -0.401 e. The predicted molar refractivity (Wildman–Crippen MR) is 57.3 cm³/mol. The molecule has 0 aromatic heterocycles. The lowest BCUT2D eigenvalue weighted by atomic mass is 9.82. The Labute approximate surface area is 85.7 Å². The van der Waals surface area contributed by atoms with Crippen LogP contribution in [0.15, 0.2) is 11.3 Å². The molecular weight excluding hydrogens is 172 g/mol. The van der Waals surface area contributed by atoms with Crippen molar-refractivity contribution in [3.63, 3.8) is 0 Å². The quantitative estimate of drug-likeness (QED) is 0.663. The van der Waals surface area contributed by atoms with Crippen molar-refractivity contribution < 1.29 is 0 Å². The van der Waals surface area contributed by atoms with Crippen LogP contribution in [0.4, 0.5) is 0 Å². The zero-order valence-corrected chi connectivity index (χ0v) is 8.71. The Morgan fingerprint density at radius 1 is 1.07 bits per heavy atom. The van der Waals surface area contributed by atoms with Crippen molar-refractivity contribution in [2.45, 2.75) is 32.1 Å². The molecule has 3 saturated carbocycles. The first-order valence-corrected chi connectivity index (χ1v) is 6.01. The maximum absolute atomic E-state index is 6.06. The molecule has 3 aliphatic carbocycles. The Hall–Kier alpha value is -0.500. The highest BCUT2D eigenvalue weighted by Crippen LogP contribution is 2.61. The van der Waals surface area contributed by atoms with Crippen LogP contribution < -0.4 is 11.5 Å². The second-order valence-electron chi connectivity index (χ2n) is 5.23. The molecule has 0 aromatic carbocycles. The average Bonchev–Trinajstić information content (AvgIpc) is 2.87. The third-order valence-corrected chi connectivity index (χ3v) is 4.84. The first kappa shape index (κ1) is 8.78. The van der Waals surface area contributed by atoms with Gasteiger partial charge in [-0.05, 0) is 54.9 Å². The van der Waals surface area contributed by atoms with Crippen LogP contribution in [0.2, 0.25) is 0 Å². The van der Waals surface area contributed by atoms with Crippen LogP contribution in [0.3, 0.4) is 0 Å². The molecule has 2 bridgehead atoms. The zero-order chi connectivity index (χ0) is 9.71. The molecule has 78 valence electrons. The van der Waals surface area contributed by atoms with Gasteiger partial charge >= 0.3 is 0 Å². The van der Waals surface area contributed by atoms with Gasteiger partial charge in [-0.15, -0.1) is 0 Å². The Kier molecular flexibility index (Phi) is 1.88. The fraction of sp³-hybridized carbons (Fsp3) is 0.833. The van der Waals surface area contributed by atoms with Gasteiger partial charge in [0, 0.05) is 12.2 Å². The SMILES string of the molecule is NCC(N)=C1C2CCC1C1CCCC21. The maximum Gasteiger partial charge on any atom is 0.0326 e. The lowest BCUT2D eigenvalue weighted by Crippen LogP contribution is -2.16. The molecule has 0 amide bonds. The van der Waals surface area contributed by atoms with Crippen molar-refractivity contribution in [1.82, 2.24) is 0 Å². The van der Waals surface area contributed by atoms with E-state index in [1.54, 1.807) is 5.57 Å². The Morgan fingerprint density at radius 3 is 2.14 bits per heavy atom. The van der Waals surface area contributed by atoms with Crippen molar-refractivity contribution in [3.05, 3.63) is 11.3 Å². The zero-order valence-electron chi connectivity index (χ0n) is 8.71. The fourth-order valence-electron chi connectivity index (χ4n) is 4.45. The topological polar surface area (TPSA) is 52.0 Å². The molecule has 2 heteroatoms. The van der Waals surface area contributed by atoms with E-state index in [4.69, 9.17) is 11.5 Å². The van der Waals surface area contributed by atoms with E-state index in [0.29, 0.717) is 6.54 Å². The van der Waals surface area contributed by atoms with E-state index in [2.05, 4.69) is 0 Å². The van der Waals surface area contributed by atoms with E-state index in [1.807, 2.05) is 0 Å². The van der Waals surface area contributed by atoms with Gasteiger partial charge in [0.2, 0.25) is 0 Å². The molecule has 0 aromatic rings. The normalized spacial score (nSPS) is 44.5. The first-order chi connectivity index (χ1) is 6.83. The second-order valence-corrected chi connectivity index (χ2v) is 5.23. The second kappa shape index (κ2) is 2.99. The molecule has 0 heterocycles. The summed E-state index contributed by atoms with van der Waals surface area (Å²) in [6, 6.07) is 0. The minimum atomic E-state index is 0.571. The molecule has 2 nitrogen and oxygen atoms in total. The lowest BCUT2D eigenvalue weighted by Gasteiger charge is -2.22. The summed E-state index contributed by atoms with van der Waals surface area (Å²) in [5.41, 5.74) is 14.3. The molecule has 3 aliphatic rings. The molecule has 3 fully saturated rings. The molecule has 3 rings (SSSR count). The molecule has 0 spiro atoms. The van der Waals surface area contributed by atoms with Crippen LogP contribution in [0.1, 0.15) is 32.1 Å². The number of fused-ring (bicyclic) bond motifs is 5. The molecule has 0 saturated heterocycles. The Morgan fingerprint density at radius 2 is 1.64 bits per heavy atom. The molecule has 4 atom stereocenters. The average molecular weight is 192 g/mol. The molecular formula is C12H20N2. The van der Waals surface area contributed by atoms with Crippen LogP contribution in [0.5, 0.6) is 0 Å². The summed E-state index contributed by atoms with van der Waals surface area (Å²) in [7, 11) is 0. The van der Waals surface area contributed by atoms with Gasteiger partial charge in [-0.3, -0.25) is 0 Å². The van der Waals surface area contributed by atoms with Gasteiger partial charge in [0.1, 0.15) is 0 Å². The van der Waals surface area contributed by atoms with Gasteiger partial charge in [-0.2, -0.15) is 0 Å². The molecule has 0 radical (unpaired) electrons. The largest absolute Gasteiger partial charge is 0.401 e. The smallest absolute Gasteiger partial charge is 0.0326 e. The van der Waals surface area contributed by atoms with Gasteiger partial charge in [-0.25, -0.2) is 0 Å². The number of allylic oxidation sites excluding steroid dienone is 1. The molecule has 4 unspecified atom stereocenters. The Balaban J connectivity index is 1.98. The Bertz CT molecular complexity index is 262. The summed E-state index contributed by atoms with van der Waals surface area (Å²) < 4.78 is 0. The van der Waals surface area contributed by atoms with E-state index in [9.17, 15) is 0 Å². The van der Waals surface area contributed by atoms with Crippen LogP contribution >= 0.6 is 0 Å². The fourth-order valence-corrected chi connectivity index (χ4v) is 4.45. The number of rotatable bonds is 1. The van der Waals surface area contributed by atoms with E-state index in [0.717, 1.165) is 29.4 Å². The van der Waals surface area contributed by atoms with Crippen molar-refractivity contribution >= 4 is 0 Å². The predicted octanol–water partition coefficient (Wildman–Crippen LogP) is 1.61. The third-order valence-electron chi connectivity index (χ3n) is 4.84. The highest BCUT2D eigenvalue weighted by Gasteiger charge is 2.53. The van der Waals surface area contributed by atoms with Gasteiger partial charge in [0.25, 0.3) is 0 Å². The number of hydrogen-bond donors (Lipinski definition) is 2. The standard InChI is InChI=1S/C12H20N2/c13-6-11(14)12-9-4-5-10(12)8-3-1-2-7(8)9/h7-10H,1-6,13-14H2. The minimum absolute atomic E-state index is 0.571. The van der Waals surface area contributed by atoms with E-state index in [1.165, 1.54) is 32.1 Å². The van der Waals surface area contributed by atoms with Gasteiger partial charge < -0.3 is 11.5 Å². The van der Waals surface area contributed by atoms with E-state index in [-0.39, 0.29) is 0 Å². The number of hydrogen-bond acceptors (Lipinski definition) is 2. The summed E-state index contributed by atoms with van der Waals surface area (Å²) in [6.07, 6.45) is 7.14. The third kappa shape index (κ3) is 0.952. The number of nitrogens with two attached hydrogens (primary N) is 2. The van der Waals surface area contributed by atoms with Gasteiger partial charge in [0.05, 0.1) is 0 Å². The summed E-state index contributed by atoms with van der Waals surface area (Å²) in [6.45, 7) is 0.571. The highest BCUT2D eigenvalue weighted by molar-refractivity contribution is 5.30. The molecule has 0 aliphatic heterocycles. The highest BCUT2D eigenvalue weighted by atomic mass is 14.7. The van der Waals surface area contributed by atoms with Crippen LogP contribution in [0, 0.1) is 23.7 Å². The summed E-state index contributed by atoms with van der Waals surface area (Å²) in [5, 5.41) is 0. The van der Waals surface area contributed by atoms with E-state index < -0.39 is 0 Å². The maximum atomic E-state index is 6.06.